The Morgan fingerprint density at radius 1 is 1.52 bits per heavy atom. The van der Waals surface area contributed by atoms with Crippen molar-refractivity contribution in [3.63, 3.8) is 0 Å². The average Bonchev–Trinajstić information content (AvgIpc) is 2.89. The van der Waals surface area contributed by atoms with Gasteiger partial charge in [0.15, 0.2) is 0 Å². The maximum absolute atomic E-state index is 12.0. The molecule has 0 radical (unpaired) electrons. The van der Waals surface area contributed by atoms with E-state index in [0.29, 0.717) is 6.54 Å². The van der Waals surface area contributed by atoms with Gasteiger partial charge in [-0.25, -0.2) is 0 Å². The minimum Gasteiger partial charge on any atom is -0.379 e. The monoisotopic (exact) mass is 358 g/mol. The van der Waals surface area contributed by atoms with Crippen molar-refractivity contribution in [1.29, 1.82) is 0 Å². The van der Waals surface area contributed by atoms with E-state index in [1.54, 1.807) is 10.9 Å². The Morgan fingerprint density at radius 2 is 2.29 bits per heavy atom. The lowest BCUT2D eigenvalue weighted by molar-refractivity contribution is -0.124. The summed E-state index contributed by atoms with van der Waals surface area (Å²) in [7, 11) is 0. The number of ether oxygens (including phenoxy) is 1. The van der Waals surface area contributed by atoms with Crippen molar-refractivity contribution in [2.45, 2.75) is 19.9 Å². The van der Waals surface area contributed by atoms with Gasteiger partial charge in [-0.3, -0.25) is 14.4 Å². The zero-order valence-electron chi connectivity index (χ0n) is 12.4. The molecular formula is C14H23BrN4O2. The van der Waals surface area contributed by atoms with Crippen molar-refractivity contribution >= 4 is 21.8 Å². The van der Waals surface area contributed by atoms with E-state index >= 15 is 0 Å². The van der Waals surface area contributed by atoms with Gasteiger partial charge in [-0.1, -0.05) is 6.92 Å². The molecule has 0 aromatic carbocycles. The molecule has 1 atom stereocenters. The van der Waals surface area contributed by atoms with Gasteiger partial charge in [0.2, 0.25) is 5.91 Å². The Labute approximate surface area is 133 Å². The molecule has 0 bridgehead atoms. The molecule has 1 unspecified atom stereocenters. The van der Waals surface area contributed by atoms with Crippen LogP contribution in [0.15, 0.2) is 16.9 Å². The quantitative estimate of drug-likeness (QED) is 0.742. The van der Waals surface area contributed by atoms with Crippen LogP contribution in [0.1, 0.15) is 13.3 Å². The van der Waals surface area contributed by atoms with Gasteiger partial charge in [0.05, 0.1) is 36.3 Å². The lowest BCUT2D eigenvalue weighted by atomic mass is 10.1. The molecular weight excluding hydrogens is 336 g/mol. The maximum atomic E-state index is 12.0. The minimum atomic E-state index is -0.0832. The number of morpholine rings is 1. The van der Waals surface area contributed by atoms with Gasteiger partial charge in [-0.2, -0.15) is 5.10 Å². The summed E-state index contributed by atoms with van der Waals surface area (Å²) < 4.78 is 8.02. The lowest BCUT2D eigenvalue weighted by Crippen LogP contribution is -2.38. The molecule has 1 aliphatic rings. The maximum Gasteiger partial charge on any atom is 0.224 e. The Morgan fingerprint density at radius 3 is 2.95 bits per heavy atom. The highest BCUT2D eigenvalue weighted by Crippen LogP contribution is 2.08. The van der Waals surface area contributed by atoms with E-state index in [1.165, 1.54) is 0 Å². The second-order valence-electron chi connectivity index (χ2n) is 5.38. The number of carbonyl (C=O) groups is 1. The summed E-state index contributed by atoms with van der Waals surface area (Å²) in [5.41, 5.74) is 0. The molecule has 6 nitrogen and oxygen atoms in total. The van der Waals surface area contributed by atoms with Gasteiger partial charge in [-0.05, 0) is 28.9 Å². The Bertz CT molecular complexity index is 446. The van der Waals surface area contributed by atoms with Crippen LogP contribution in [0.3, 0.4) is 0 Å². The van der Waals surface area contributed by atoms with Crippen LogP contribution < -0.4 is 5.32 Å². The molecule has 2 rings (SSSR count). The van der Waals surface area contributed by atoms with Gasteiger partial charge in [0.1, 0.15) is 0 Å². The van der Waals surface area contributed by atoms with Gasteiger partial charge >= 0.3 is 0 Å². The normalized spacial score (nSPS) is 17.6. The molecule has 2 heterocycles. The molecule has 0 spiro atoms. The van der Waals surface area contributed by atoms with Crippen LogP contribution in [-0.2, 0) is 16.1 Å². The Balaban J connectivity index is 1.59. The predicted molar refractivity (Wildman–Crippen MR) is 84.0 cm³/mol. The lowest BCUT2D eigenvalue weighted by Gasteiger charge is -2.26. The van der Waals surface area contributed by atoms with Gasteiger partial charge in [0.25, 0.3) is 0 Å². The van der Waals surface area contributed by atoms with Crippen LogP contribution in [0, 0.1) is 5.92 Å². The van der Waals surface area contributed by atoms with Crippen LogP contribution in [0.4, 0.5) is 0 Å². The molecule has 1 aliphatic heterocycles. The second-order valence-corrected chi connectivity index (χ2v) is 6.30. The molecule has 1 aromatic heterocycles. The topological polar surface area (TPSA) is 59.4 Å². The molecule has 1 aromatic rings. The van der Waals surface area contributed by atoms with Crippen LogP contribution in [0.2, 0.25) is 0 Å². The summed E-state index contributed by atoms with van der Waals surface area (Å²) in [5.74, 6) is 0.00351. The molecule has 1 saturated heterocycles. The first-order chi connectivity index (χ1) is 10.1. The molecule has 118 valence electrons. The highest BCUT2D eigenvalue weighted by Gasteiger charge is 2.14. The highest BCUT2D eigenvalue weighted by molar-refractivity contribution is 9.10. The van der Waals surface area contributed by atoms with Crippen LogP contribution in [0.5, 0.6) is 0 Å². The van der Waals surface area contributed by atoms with Crippen LogP contribution in [-0.4, -0.2) is 60.0 Å². The van der Waals surface area contributed by atoms with E-state index < -0.39 is 0 Å². The van der Waals surface area contributed by atoms with Crippen molar-refractivity contribution in [2.75, 3.05) is 39.4 Å². The number of nitrogens with one attached hydrogen (secondary N) is 1. The Hall–Kier alpha value is -0.920. The van der Waals surface area contributed by atoms with Crippen molar-refractivity contribution in [3.05, 3.63) is 16.9 Å². The first kappa shape index (κ1) is 16.5. The molecule has 0 saturated carbocycles. The van der Waals surface area contributed by atoms with Gasteiger partial charge in [-0.15, -0.1) is 0 Å². The van der Waals surface area contributed by atoms with Gasteiger partial charge in [0, 0.05) is 25.8 Å². The summed E-state index contributed by atoms with van der Waals surface area (Å²) in [5, 5.41) is 7.17. The minimum absolute atomic E-state index is 0.0832. The van der Waals surface area contributed by atoms with Crippen molar-refractivity contribution < 1.29 is 9.53 Å². The summed E-state index contributed by atoms with van der Waals surface area (Å²) in [4.78, 5) is 14.4. The number of amides is 1. The number of carbonyl (C=O) groups excluding carboxylic acids is 1. The second kappa shape index (κ2) is 8.51. The summed E-state index contributed by atoms with van der Waals surface area (Å²) in [6.07, 6.45) is 4.58. The standard InChI is InChI=1S/C14H23BrN4O2/c1-12(10-19-11-13(15)9-17-19)14(20)16-3-2-4-18-5-7-21-8-6-18/h9,11-12H,2-8,10H2,1H3,(H,16,20). The first-order valence-electron chi connectivity index (χ1n) is 7.41. The predicted octanol–water partition coefficient (Wildman–Crippen LogP) is 1.12. The summed E-state index contributed by atoms with van der Waals surface area (Å²) >= 11 is 3.35. The Kier molecular flexibility index (Phi) is 6.66. The van der Waals surface area contributed by atoms with E-state index in [4.69, 9.17) is 4.74 Å². The third-order valence-corrected chi connectivity index (χ3v) is 3.97. The van der Waals surface area contributed by atoms with E-state index in [-0.39, 0.29) is 11.8 Å². The van der Waals surface area contributed by atoms with Crippen molar-refractivity contribution in [3.8, 4) is 0 Å². The summed E-state index contributed by atoms with van der Waals surface area (Å²) in [6, 6.07) is 0. The van der Waals surface area contributed by atoms with E-state index in [9.17, 15) is 4.79 Å². The number of nitrogens with zero attached hydrogens (tertiary/aromatic N) is 3. The van der Waals surface area contributed by atoms with Crippen LogP contribution in [0.25, 0.3) is 0 Å². The first-order valence-corrected chi connectivity index (χ1v) is 8.20. The third kappa shape index (κ3) is 5.76. The number of rotatable bonds is 7. The SMILES string of the molecule is CC(Cn1cc(Br)cn1)C(=O)NCCCN1CCOCC1. The zero-order chi connectivity index (χ0) is 15.1. The smallest absolute Gasteiger partial charge is 0.224 e. The van der Waals surface area contributed by atoms with E-state index in [0.717, 1.165) is 50.3 Å². The number of halogens is 1. The molecule has 0 aliphatic carbocycles. The van der Waals surface area contributed by atoms with E-state index in [1.807, 2.05) is 13.1 Å². The fourth-order valence-corrected chi connectivity index (χ4v) is 2.64. The van der Waals surface area contributed by atoms with Gasteiger partial charge < -0.3 is 10.1 Å². The fourth-order valence-electron chi connectivity index (χ4n) is 2.31. The molecule has 21 heavy (non-hydrogen) atoms. The average molecular weight is 359 g/mol. The molecule has 7 heteroatoms. The van der Waals surface area contributed by atoms with Crippen LogP contribution >= 0.6 is 15.9 Å². The molecule has 1 amide bonds. The fraction of sp³-hybridized carbons (Fsp3) is 0.714. The number of hydrogen-bond acceptors (Lipinski definition) is 4. The zero-order valence-corrected chi connectivity index (χ0v) is 14.0. The third-order valence-electron chi connectivity index (χ3n) is 3.56. The van der Waals surface area contributed by atoms with E-state index in [2.05, 4.69) is 31.2 Å². The number of hydrogen-bond donors (Lipinski definition) is 1. The largest absolute Gasteiger partial charge is 0.379 e. The molecule has 1 fully saturated rings. The number of aromatic nitrogens is 2. The molecule has 1 N–H and O–H groups in total. The van der Waals surface area contributed by atoms with Crippen molar-refractivity contribution in [1.82, 2.24) is 20.0 Å². The highest BCUT2D eigenvalue weighted by atomic mass is 79.9. The van der Waals surface area contributed by atoms with Crippen molar-refractivity contribution in [2.24, 2.45) is 5.92 Å². The summed E-state index contributed by atoms with van der Waals surface area (Å²) in [6.45, 7) is 7.91.